The van der Waals surface area contributed by atoms with Crippen molar-refractivity contribution in [3.05, 3.63) is 83.9 Å². The average molecular weight is 474 g/mol. The van der Waals surface area contributed by atoms with E-state index < -0.39 is 53.5 Å². The molecule has 0 aromatic heterocycles. The number of fused-ring (bicyclic) bond motifs is 1. The summed E-state index contributed by atoms with van der Waals surface area (Å²) in [5, 5.41) is 0. The third kappa shape index (κ3) is 3.04. The van der Waals surface area contributed by atoms with E-state index in [9.17, 15) is 14.4 Å². The molecule has 2 bridgehead atoms. The lowest BCUT2D eigenvalue weighted by Gasteiger charge is -2.44. The molecule has 180 valence electrons. The molecule has 3 heterocycles. The highest BCUT2D eigenvalue weighted by atomic mass is 16.6. The smallest absolute Gasteiger partial charge is 0.412 e. The number of benzene rings is 2. The first-order valence-corrected chi connectivity index (χ1v) is 12.1. The maximum absolute atomic E-state index is 14.1. The number of hydrogen-bond acceptors (Lipinski definition) is 6. The van der Waals surface area contributed by atoms with Crippen molar-refractivity contribution >= 4 is 17.8 Å². The molecule has 0 unspecified atom stereocenters. The number of hydrogen-bond donors (Lipinski definition) is 0. The Morgan fingerprint density at radius 1 is 1.03 bits per heavy atom. The van der Waals surface area contributed by atoms with Crippen LogP contribution in [-0.4, -0.2) is 52.6 Å². The molecule has 1 aliphatic carbocycles. The predicted molar refractivity (Wildman–Crippen MR) is 125 cm³/mol. The lowest BCUT2D eigenvalue weighted by atomic mass is 9.78. The number of ketones is 1. The molecule has 2 aromatic carbocycles. The van der Waals surface area contributed by atoms with Gasteiger partial charge in [-0.3, -0.25) is 14.5 Å². The minimum absolute atomic E-state index is 0.143. The average Bonchev–Trinajstić information content (AvgIpc) is 3.49. The van der Waals surface area contributed by atoms with Crippen LogP contribution in [0.15, 0.2) is 72.8 Å². The van der Waals surface area contributed by atoms with E-state index in [1.165, 1.54) is 11.8 Å². The van der Waals surface area contributed by atoms with Gasteiger partial charge in [0.05, 0.1) is 12.0 Å². The highest BCUT2D eigenvalue weighted by molar-refractivity contribution is 5.94. The number of carbonyl (C=O) groups is 3. The van der Waals surface area contributed by atoms with Gasteiger partial charge in [-0.1, -0.05) is 72.8 Å². The van der Waals surface area contributed by atoms with Gasteiger partial charge >= 0.3 is 12.1 Å². The normalized spacial score (nSPS) is 34.6. The van der Waals surface area contributed by atoms with Crippen LogP contribution < -0.4 is 0 Å². The second-order valence-electron chi connectivity index (χ2n) is 9.83. The second kappa shape index (κ2) is 7.78. The van der Waals surface area contributed by atoms with Crippen molar-refractivity contribution in [3.8, 4) is 0 Å². The SMILES string of the molecule is CC(=O)O[C@H]1CC[C@]23C=C[C@H](O2)[C@@H](N2C(=O)OC(c4ccccc4)(c4ccccc4)[C@H]2C)C(=O)[C@H]13. The number of nitrogens with zero attached hydrogens (tertiary/aromatic N) is 1. The van der Waals surface area contributed by atoms with Gasteiger partial charge in [-0.15, -0.1) is 0 Å². The Morgan fingerprint density at radius 3 is 2.26 bits per heavy atom. The van der Waals surface area contributed by atoms with Gasteiger partial charge in [0.1, 0.15) is 23.9 Å². The first-order chi connectivity index (χ1) is 16.9. The fourth-order valence-corrected chi connectivity index (χ4v) is 6.61. The van der Waals surface area contributed by atoms with Crippen molar-refractivity contribution in [2.24, 2.45) is 5.92 Å². The highest BCUT2D eigenvalue weighted by Gasteiger charge is 2.66. The predicted octanol–water partition coefficient (Wildman–Crippen LogP) is 3.76. The molecule has 35 heavy (non-hydrogen) atoms. The van der Waals surface area contributed by atoms with Crippen molar-refractivity contribution in [2.45, 2.75) is 62.2 Å². The van der Waals surface area contributed by atoms with Crippen molar-refractivity contribution in [3.63, 3.8) is 0 Å². The Morgan fingerprint density at radius 2 is 1.66 bits per heavy atom. The van der Waals surface area contributed by atoms with E-state index in [-0.39, 0.29) is 5.78 Å². The summed E-state index contributed by atoms with van der Waals surface area (Å²) in [6.07, 6.45) is 3.22. The Balaban J connectivity index is 1.43. The van der Waals surface area contributed by atoms with Crippen molar-refractivity contribution in [1.82, 2.24) is 4.90 Å². The number of cyclic esters (lactones) is 1. The summed E-state index contributed by atoms with van der Waals surface area (Å²) in [6, 6.07) is 17.8. The summed E-state index contributed by atoms with van der Waals surface area (Å²) in [4.78, 5) is 40.9. The maximum Gasteiger partial charge on any atom is 0.412 e. The summed E-state index contributed by atoms with van der Waals surface area (Å²) in [7, 11) is 0. The van der Waals surface area contributed by atoms with Crippen LogP contribution in [-0.2, 0) is 29.4 Å². The number of amides is 1. The molecule has 4 aliphatic rings. The summed E-state index contributed by atoms with van der Waals surface area (Å²) in [5.41, 5.74) is -0.217. The van der Waals surface area contributed by atoms with Crippen LogP contribution in [0.5, 0.6) is 0 Å². The van der Waals surface area contributed by atoms with E-state index in [0.29, 0.717) is 12.8 Å². The molecular weight excluding hydrogens is 446 g/mol. The molecule has 0 radical (unpaired) electrons. The lowest BCUT2D eigenvalue weighted by Crippen LogP contribution is -2.62. The van der Waals surface area contributed by atoms with Crippen LogP contribution in [0, 0.1) is 5.92 Å². The molecule has 3 aliphatic heterocycles. The molecule has 1 saturated carbocycles. The summed E-state index contributed by atoms with van der Waals surface area (Å²) >= 11 is 0. The summed E-state index contributed by atoms with van der Waals surface area (Å²) in [6.45, 7) is 3.26. The summed E-state index contributed by atoms with van der Waals surface area (Å²) in [5.74, 6) is -1.23. The number of Topliss-reactive ketones (excluding diaryl/α,β-unsaturated/α-hetero) is 1. The molecule has 7 nitrogen and oxygen atoms in total. The quantitative estimate of drug-likeness (QED) is 0.497. The van der Waals surface area contributed by atoms with Crippen molar-refractivity contribution in [2.75, 3.05) is 0 Å². The Bertz CT molecular complexity index is 1170. The van der Waals surface area contributed by atoms with Crippen LogP contribution >= 0.6 is 0 Å². The van der Waals surface area contributed by atoms with E-state index in [1.807, 2.05) is 79.7 Å². The number of esters is 1. The molecule has 7 heteroatoms. The molecule has 1 spiro atoms. The van der Waals surface area contributed by atoms with E-state index in [4.69, 9.17) is 14.2 Å². The maximum atomic E-state index is 14.1. The molecule has 6 atom stereocenters. The standard InChI is InChI=1S/C28H27NO6/c1-17-28(19-9-5-3-6-10-19,20-11-7-4-8-12-20)35-26(32)29(17)24-22-14-16-27(34-22)15-13-21(33-18(2)30)23(27)25(24)31/h3-12,14,16-17,21-24H,13,15H2,1-2H3/t17-,21+,22+,23+,24-,27-/m1/s1. The number of ether oxygens (including phenoxy) is 3. The van der Waals surface area contributed by atoms with E-state index >= 15 is 0 Å². The molecule has 1 amide bonds. The fraction of sp³-hybridized carbons (Fsp3) is 0.393. The van der Waals surface area contributed by atoms with Gasteiger partial charge in [0.2, 0.25) is 0 Å². The van der Waals surface area contributed by atoms with E-state index in [1.54, 1.807) is 0 Å². The zero-order valence-electron chi connectivity index (χ0n) is 19.6. The Kier molecular flexibility index (Phi) is 4.90. The first-order valence-electron chi connectivity index (χ1n) is 12.1. The lowest BCUT2D eigenvalue weighted by molar-refractivity contribution is -0.171. The fourth-order valence-electron chi connectivity index (χ4n) is 6.61. The molecule has 6 rings (SSSR count). The minimum Gasteiger partial charge on any atom is -0.462 e. The minimum atomic E-state index is -1.10. The van der Waals surface area contributed by atoms with E-state index in [0.717, 1.165) is 11.1 Å². The van der Waals surface area contributed by atoms with Crippen molar-refractivity contribution in [1.29, 1.82) is 0 Å². The molecule has 2 aromatic rings. The summed E-state index contributed by atoms with van der Waals surface area (Å²) < 4.78 is 18.2. The van der Waals surface area contributed by atoms with Gasteiger partial charge in [0.25, 0.3) is 0 Å². The molecule has 0 N–H and O–H groups in total. The number of carbonyl (C=O) groups excluding carboxylic acids is 3. The van der Waals surface area contributed by atoms with Gasteiger partial charge in [0.15, 0.2) is 11.4 Å². The zero-order chi connectivity index (χ0) is 24.4. The topological polar surface area (TPSA) is 82.1 Å². The van der Waals surface area contributed by atoms with Gasteiger partial charge in [-0.2, -0.15) is 0 Å². The highest BCUT2D eigenvalue weighted by Crippen LogP contribution is 2.53. The zero-order valence-corrected chi connectivity index (χ0v) is 19.6. The van der Waals surface area contributed by atoms with Crippen LogP contribution in [0.3, 0.4) is 0 Å². The van der Waals surface area contributed by atoms with Crippen LogP contribution in [0.4, 0.5) is 4.79 Å². The third-order valence-corrected chi connectivity index (χ3v) is 8.04. The van der Waals surface area contributed by atoms with E-state index in [2.05, 4.69) is 0 Å². The van der Waals surface area contributed by atoms with Gasteiger partial charge in [-0.05, 0) is 19.8 Å². The van der Waals surface area contributed by atoms with Crippen LogP contribution in [0.1, 0.15) is 37.8 Å². The third-order valence-electron chi connectivity index (χ3n) is 8.04. The van der Waals surface area contributed by atoms with Gasteiger partial charge < -0.3 is 14.2 Å². The van der Waals surface area contributed by atoms with Gasteiger partial charge in [-0.25, -0.2) is 4.79 Å². The monoisotopic (exact) mass is 473 g/mol. The van der Waals surface area contributed by atoms with Crippen LogP contribution in [0.25, 0.3) is 0 Å². The molecule has 3 fully saturated rings. The molecular formula is C28H27NO6. The van der Waals surface area contributed by atoms with Gasteiger partial charge in [0, 0.05) is 18.1 Å². The van der Waals surface area contributed by atoms with Crippen molar-refractivity contribution < 1.29 is 28.6 Å². The number of rotatable bonds is 4. The second-order valence-corrected chi connectivity index (χ2v) is 9.83. The Labute approximate surface area is 203 Å². The largest absolute Gasteiger partial charge is 0.462 e. The van der Waals surface area contributed by atoms with Crippen LogP contribution in [0.2, 0.25) is 0 Å². The Hall–Kier alpha value is -3.45. The molecule has 2 saturated heterocycles. The first kappa shape index (κ1) is 22.0.